The van der Waals surface area contributed by atoms with Crippen LogP contribution in [0.15, 0.2) is 0 Å². The van der Waals surface area contributed by atoms with E-state index >= 15 is 0 Å². The lowest BCUT2D eigenvalue weighted by Gasteiger charge is -2.27. The number of rotatable bonds is 3. The van der Waals surface area contributed by atoms with Gasteiger partial charge in [-0.2, -0.15) is 0 Å². The average Bonchev–Trinajstić information content (AvgIpc) is 2.73. The highest BCUT2D eigenvalue weighted by Gasteiger charge is 2.16. The Balaban J connectivity index is 1.78. The fourth-order valence-electron chi connectivity index (χ4n) is 1.65. The number of nitrogens with two attached hydrogens (primary N) is 1. The van der Waals surface area contributed by atoms with Crippen molar-refractivity contribution in [1.82, 2.24) is 20.4 Å². The molecule has 88 valence electrons. The first-order valence-corrected chi connectivity index (χ1v) is 6.14. The number of nitrogens with zero attached hydrogens (tertiary/aromatic N) is 3. The summed E-state index contributed by atoms with van der Waals surface area (Å²) < 4.78 is 0. The molecule has 1 aliphatic rings. The molecular weight excluding hydrogens is 226 g/mol. The SMILES string of the molecule is Nc1nnc(CCC(=O)N2CCNCC2)s1. The predicted octanol–water partition coefficient (Wildman–Crippen LogP) is -0.515. The van der Waals surface area contributed by atoms with Crippen molar-refractivity contribution in [3.05, 3.63) is 5.01 Å². The summed E-state index contributed by atoms with van der Waals surface area (Å²) in [7, 11) is 0. The number of hydrogen-bond acceptors (Lipinski definition) is 6. The van der Waals surface area contributed by atoms with Crippen LogP contribution in [0.5, 0.6) is 0 Å². The number of aromatic nitrogens is 2. The van der Waals surface area contributed by atoms with E-state index < -0.39 is 0 Å². The number of nitrogens with one attached hydrogen (secondary N) is 1. The highest BCUT2D eigenvalue weighted by atomic mass is 32.1. The average molecular weight is 241 g/mol. The minimum Gasteiger partial charge on any atom is -0.374 e. The van der Waals surface area contributed by atoms with Crippen LogP contribution in [0.25, 0.3) is 0 Å². The van der Waals surface area contributed by atoms with Gasteiger partial charge >= 0.3 is 0 Å². The van der Waals surface area contributed by atoms with E-state index in [1.54, 1.807) is 0 Å². The zero-order valence-corrected chi connectivity index (χ0v) is 9.79. The number of carbonyl (C=O) groups is 1. The molecule has 1 aromatic rings. The summed E-state index contributed by atoms with van der Waals surface area (Å²) in [5.74, 6) is 0.190. The molecule has 1 saturated heterocycles. The maximum atomic E-state index is 11.8. The molecule has 0 radical (unpaired) electrons. The van der Waals surface area contributed by atoms with Gasteiger partial charge in [-0.3, -0.25) is 4.79 Å². The monoisotopic (exact) mass is 241 g/mol. The number of anilines is 1. The Hall–Kier alpha value is -1.21. The van der Waals surface area contributed by atoms with E-state index in [9.17, 15) is 4.79 Å². The van der Waals surface area contributed by atoms with Gasteiger partial charge in [0.2, 0.25) is 11.0 Å². The molecule has 2 rings (SSSR count). The van der Waals surface area contributed by atoms with Gasteiger partial charge in [0, 0.05) is 39.0 Å². The van der Waals surface area contributed by atoms with Crippen molar-refractivity contribution >= 4 is 22.4 Å². The largest absolute Gasteiger partial charge is 0.374 e. The van der Waals surface area contributed by atoms with Gasteiger partial charge in [-0.05, 0) is 0 Å². The molecule has 1 aliphatic heterocycles. The second kappa shape index (κ2) is 5.22. The number of nitrogen functional groups attached to an aromatic ring is 1. The first-order valence-electron chi connectivity index (χ1n) is 5.32. The second-order valence-corrected chi connectivity index (χ2v) is 4.76. The summed E-state index contributed by atoms with van der Waals surface area (Å²) in [4.78, 5) is 13.7. The molecule has 0 aromatic carbocycles. The van der Waals surface area contributed by atoms with Crippen molar-refractivity contribution in [1.29, 1.82) is 0 Å². The lowest BCUT2D eigenvalue weighted by molar-refractivity contribution is -0.131. The highest BCUT2D eigenvalue weighted by molar-refractivity contribution is 7.15. The van der Waals surface area contributed by atoms with Crippen LogP contribution >= 0.6 is 11.3 Å². The Morgan fingerprint density at radius 1 is 1.44 bits per heavy atom. The van der Waals surface area contributed by atoms with Gasteiger partial charge in [0.1, 0.15) is 5.01 Å². The number of amides is 1. The molecule has 0 saturated carbocycles. The summed E-state index contributed by atoms with van der Waals surface area (Å²) in [5, 5.41) is 12.1. The third-order valence-electron chi connectivity index (χ3n) is 2.50. The number of piperazine rings is 1. The van der Waals surface area contributed by atoms with Gasteiger partial charge in [-0.1, -0.05) is 11.3 Å². The minimum atomic E-state index is 0.190. The normalized spacial score (nSPS) is 16.4. The highest BCUT2D eigenvalue weighted by Crippen LogP contribution is 2.13. The Bertz CT molecular complexity index is 361. The molecule has 0 unspecified atom stereocenters. The lowest BCUT2D eigenvalue weighted by atomic mass is 10.2. The summed E-state index contributed by atoms with van der Waals surface area (Å²) in [6.07, 6.45) is 1.13. The van der Waals surface area contributed by atoms with E-state index in [1.165, 1.54) is 11.3 Å². The standard InChI is InChI=1S/C9H15N5OS/c10-9-13-12-7(16-9)1-2-8(15)14-5-3-11-4-6-14/h11H,1-6H2,(H2,10,13). The van der Waals surface area contributed by atoms with E-state index in [1.807, 2.05) is 4.90 Å². The third-order valence-corrected chi connectivity index (χ3v) is 3.32. The maximum absolute atomic E-state index is 11.8. The van der Waals surface area contributed by atoms with Crippen LogP contribution in [0.1, 0.15) is 11.4 Å². The smallest absolute Gasteiger partial charge is 0.223 e. The molecule has 0 atom stereocenters. The van der Waals surface area contributed by atoms with Crippen molar-refractivity contribution in [2.24, 2.45) is 0 Å². The van der Waals surface area contributed by atoms with Crippen LogP contribution in [0.2, 0.25) is 0 Å². The van der Waals surface area contributed by atoms with Gasteiger partial charge in [0.15, 0.2) is 0 Å². The number of aryl methyl sites for hydroxylation is 1. The quantitative estimate of drug-likeness (QED) is 0.744. The van der Waals surface area contributed by atoms with E-state index in [0.717, 1.165) is 31.2 Å². The fourth-order valence-corrected chi connectivity index (χ4v) is 2.26. The van der Waals surface area contributed by atoms with Crippen molar-refractivity contribution in [2.75, 3.05) is 31.9 Å². The molecule has 1 aromatic heterocycles. The summed E-state index contributed by atoms with van der Waals surface area (Å²) in [6, 6.07) is 0. The third kappa shape index (κ3) is 2.89. The van der Waals surface area contributed by atoms with E-state index in [4.69, 9.17) is 5.73 Å². The Labute approximate surface area is 97.8 Å². The zero-order valence-electron chi connectivity index (χ0n) is 8.98. The van der Waals surface area contributed by atoms with Crippen molar-refractivity contribution < 1.29 is 4.79 Å². The molecule has 0 bridgehead atoms. The lowest BCUT2D eigenvalue weighted by Crippen LogP contribution is -2.46. The fraction of sp³-hybridized carbons (Fsp3) is 0.667. The summed E-state index contributed by atoms with van der Waals surface area (Å²) in [5.41, 5.74) is 5.47. The van der Waals surface area contributed by atoms with Gasteiger partial charge < -0.3 is 16.0 Å². The topological polar surface area (TPSA) is 84.1 Å². The van der Waals surface area contributed by atoms with Crippen molar-refractivity contribution in [3.8, 4) is 0 Å². The molecule has 6 nitrogen and oxygen atoms in total. The molecule has 3 N–H and O–H groups in total. The molecular formula is C9H15N5OS. The van der Waals surface area contributed by atoms with E-state index in [-0.39, 0.29) is 5.91 Å². The van der Waals surface area contributed by atoms with Crippen LogP contribution in [-0.2, 0) is 11.2 Å². The van der Waals surface area contributed by atoms with E-state index in [2.05, 4.69) is 15.5 Å². The molecule has 16 heavy (non-hydrogen) atoms. The minimum absolute atomic E-state index is 0.190. The number of carbonyl (C=O) groups excluding carboxylic acids is 1. The van der Waals surface area contributed by atoms with Crippen molar-refractivity contribution in [3.63, 3.8) is 0 Å². The van der Waals surface area contributed by atoms with Crippen LogP contribution in [0.3, 0.4) is 0 Å². The van der Waals surface area contributed by atoms with Gasteiger partial charge in [0.25, 0.3) is 0 Å². The number of hydrogen-bond donors (Lipinski definition) is 2. The Kier molecular flexibility index (Phi) is 3.68. The molecule has 2 heterocycles. The molecule has 1 fully saturated rings. The zero-order chi connectivity index (χ0) is 11.4. The van der Waals surface area contributed by atoms with Crippen LogP contribution in [0.4, 0.5) is 5.13 Å². The molecule has 7 heteroatoms. The van der Waals surface area contributed by atoms with Gasteiger partial charge in [-0.25, -0.2) is 0 Å². The van der Waals surface area contributed by atoms with Crippen molar-refractivity contribution in [2.45, 2.75) is 12.8 Å². The van der Waals surface area contributed by atoms with Crippen LogP contribution < -0.4 is 11.1 Å². The summed E-state index contributed by atoms with van der Waals surface area (Å²) >= 11 is 1.35. The van der Waals surface area contributed by atoms with Gasteiger partial charge in [-0.15, -0.1) is 10.2 Å². The second-order valence-electron chi connectivity index (χ2n) is 3.66. The maximum Gasteiger partial charge on any atom is 0.223 e. The van der Waals surface area contributed by atoms with Crippen LogP contribution in [-0.4, -0.2) is 47.2 Å². The molecule has 1 amide bonds. The van der Waals surface area contributed by atoms with E-state index in [0.29, 0.717) is 18.0 Å². The Morgan fingerprint density at radius 2 is 2.19 bits per heavy atom. The van der Waals surface area contributed by atoms with Crippen LogP contribution in [0, 0.1) is 0 Å². The Morgan fingerprint density at radius 3 is 2.81 bits per heavy atom. The molecule has 0 spiro atoms. The molecule has 0 aliphatic carbocycles. The first-order chi connectivity index (χ1) is 7.75. The summed E-state index contributed by atoms with van der Waals surface area (Å²) in [6.45, 7) is 3.38. The first kappa shape index (κ1) is 11.3. The predicted molar refractivity (Wildman–Crippen MR) is 62.1 cm³/mol. The van der Waals surface area contributed by atoms with Gasteiger partial charge in [0.05, 0.1) is 0 Å².